The first kappa shape index (κ1) is 9.93. The quantitative estimate of drug-likeness (QED) is 0.564. The van der Waals surface area contributed by atoms with E-state index >= 15 is 0 Å². The fraction of sp³-hybridized carbons (Fsp3) is 0.900. The van der Waals surface area contributed by atoms with Crippen molar-refractivity contribution in [3.05, 3.63) is 0 Å². The predicted molar refractivity (Wildman–Crippen MR) is 54.7 cm³/mol. The monoisotopic (exact) mass is 197 g/mol. The number of amides is 1. The van der Waals surface area contributed by atoms with Gasteiger partial charge in [0.1, 0.15) is 0 Å². The minimum absolute atomic E-state index is 0.0399. The second-order valence-electron chi connectivity index (χ2n) is 4.71. The summed E-state index contributed by atoms with van der Waals surface area (Å²) in [4.78, 5) is 11.7. The van der Waals surface area contributed by atoms with Crippen LogP contribution in [-0.4, -0.2) is 30.6 Å². The van der Waals surface area contributed by atoms with Crippen LogP contribution >= 0.6 is 0 Å². The predicted octanol–water partition coefficient (Wildman–Crippen LogP) is -0.408. The number of nitrogens with one attached hydrogen (secondary N) is 2. The molecule has 0 aromatic heterocycles. The van der Waals surface area contributed by atoms with Crippen LogP contribution in [0.25, 0.3) is 0 Å². The highest BCUT2D eigenvalue weighted by molar-refractivity contribution is 5.89. The van der Waals surface area contributed by atoms with Crippen molar-refractivity contribution in [3.63, 3.8) is 0 Å². The van der Waals surface area contributed by atoms with Gasteiger partial charge in [0.05, 0.1) is 5.54 Å². The largest absolute Gasteiger partial charge is 0.350 e. The van der Waals surface area contributed by atoms with Gasteiger partial charge in [0, 0.05) is 12.6 Å². The van der Waals surface area contributed by atoms with Gasteiger partial charge < -0.3 is 16.4 Å². The number of hydrogen-bond acceptors (Lipinski definition) is 3. The highest BCUT2D eigenvalue weighted by Crippen LogP contribution is 2.32. The maximum atomic E-state index is 11.7. The fourth-order valence-corrected chi connectivity index (χ4v) is 1.86. The Kier molecular flexibility index (Phi) is 2.49. The summed E-state index contributed by atoms with van der Waals surface area (Å²) in [5, 5.41) is 6.33. The van der Waals surface area contributed by atoms with Crippen molar-refractivity contribution < 1.29 is 4.79 Å². The van der Waals surface area contributed by atoms with Gasteiger partial charge in [-0.15, -0.1) is 0 Å². The van der Waals surface area contributed by atoms with Crippen molar-refractivity contribution in [2.45, 2.75) is 37.8 Å². The second kappa shape index (κ2) is 3.51. The van der Waals surface area contributed by atoms with E-state index in [-0.39, 0.29) is 11.9 Å². The minimum atomic E-state index is -0.531. The summed E-state index contributed by atoms with van der Waals surface area (Å²) in [6.07, 6.45) is 2.81. The van der Waals surface area contributed by atoms with Crippen LogP contribution in [0.5, 0.6) is 0 Å². The van der Waals surface area contributed by atoms with Crippen molar-refractivity contribution in [3.8, 4) is 0 Å². The van der Waals surface area contributed by atoms with E-state index in [4.69, 9.17) is 5.73 Å². The first-order valence-corrected chi connectivity index (χ1v) is 5.42. The topological polar surface area (TPSA) is 67.1 Å². The Balaban J connectivity index is 1.86. The number of piperidine rings is 1. The van der Waals surface area contributed by atoms with Gasteiger partial charge in [0.2, 0.25) is 5.91 Å². The molecule has 1 amide bonds. The number of carbonyl (C=O) groups excluding carboxylic acids is 1. The maximum absolute atomic E-state index is 11.7. The zero-order chi connectivity index (χ0) is 10.2. The van der Waals surface area contributed by atoms with E-state index in [2.05, 4.69) is 17.6 Å². The number of rotatable bonds is 2. The number of carbonyl (C=O) groups is 1. The molecule has 14 heavy (non-hydrogen) atoms. The van der Waals surface area contributed by atoms with Gasteiger partial charge in [-0.3, -0.25) is 4.79 Å². The SMILES string of the molecule is CC1CCNCC1NC(=O)C1(N)CC1. The molecule has 0 aromatic rings. The molecule has 0 radical (unpaired) electrons. The molecule has 2 rings (SSSR count). The van der Waals surface area contributed by atoms with E-state index < -0.39 is 5.54 Å². The molecule has 0 bridgehead atoms. The van der Waals surface area contributed by atoms with Crippen LogP contribution in [0.3, 0.4) is 0 Å². The van der Waals surface area contributed by atoms with Crippen molar-refractivity contribution in [1.29, 1.82) is 0 Å². The molecule has 1 saturated carbocycles. The summed E-state index contributed by atoms with van der Waals surface area (Å²) in [5.41, 5.74) is 5.29. The molecule has 0 aromatic carbocycles. The molecular formula is C10H19N3O. The lowest BCUT2D eigenvalue weighted by Gasteiger charge is -2.31. The molecule has 1 saturated heterocycles. The molecule has 80 valence electrons. The highest BCUT2D eigenvalue weighted by Gasteiger charge is 2.46. The lowest BCUT2D eigenvalue weighted by Crippen LogP contribution is -2.54. The van der Waals surface area contributed by atoms with Crippen LogP contribution in [0.1, 0.15) is 26.2 Å². The van der Waals surface area contributed by atoms with Crippen LogP contribution in [0.15, 0.2) is 0 Å². The third-order valence-corrected chi connectivity index (χ3v) is 3.38. The van der Waals surface area contributed by atoms with E-state index in [1.54, 1.807) is 0 Å². The summed E-state index contributed by atoms with van der Waals surface area (Å²) >= 11 is 0. The molecule has 4 nitrogen and oxygen atoms in total. The number of nitrogens with two attached hydrogens (primary N) is 1. The summed E-state index contributed by atoms with van der Waals surface area (Å²) in [5.74, 6) is 0.598. The molecule has 1 aliphatic heterocycles. The third-order valence-electron chi connectivity index (χ3n) is 3.38. The van der Waals surface area contributed by atoms with Crippen molar-refractivity contribution >= 4 is 5.91 Å². The Hall–Kier alpha value is -0.610. The van der Waals surface area contributed by atoms with Crippen molar-refractivity contribution in [1.82, 2.24) is 10.6 Å². The second-order valence-corrected chi connectivity index (χ2v) is 4.71. The molecule has 4 heteroatoms. The van der Waals surface area contributed by atoms with Crippen LogP contribution in [-0.2, 0) is 4.79 Å². The molecule has 4 N–H and O–H groups in total. The fourth-order valence-electron chi connectivity index (χ4n) is 1.86. The molecule has 0 spiro atoms. The van der Waals surface area contributed by atoms with E-state index in [1.165, 1.54) is 0 Å². The van der Waals surface area contributed by atoms with Gasteiger partial charge in [-0.25, -0.2) is 0 Å². The lowest BCUT2D eigenvalue weighted by molar-refractivity contribution is -0.124. The molecule has 1 heterocycles. The maximum Gasteiger partial charge on any atom is 0.240 e. The molecule has 2 unspecified atom stereocenters. The summed E-state index contributed by atoms with van der Waals surface area (Å²) < 4.78 is 0. The summed E-state index contributed by atoms with van der Waals surface area (Å²) in [6.45, 7) is 4.12. The van der Waals surface area contributed by atoms with E-state index in [9.17, 15) is 4.79 Å². The van der Waals surface area contributed by atoms with Gasteiger partial charge in [-0.1, -0.05) is 6.92 Å². The zero-order valence-corrected chi connectivity index (χ0v) is 8.68. The van der Waals surface area contributed by atoms with E-state index in [1.807, 2.05) is 0 Å². The Morgan fingerprint density at radius 1 is 1.57 bits per heavy atom. The van der Waals surface area contributed by atoms with E-state index in [0.717, 1.165) is 32.4 Å². The van der Waals surface area contributed by atoms with Crippen molar-refractivity contribution in [2.24, 2.45) is 11.7 Å². The smallest absolute Gasteiger partial charge is 0.240 e. The van der Waals surface area contributed by atoms with Crippen LogP contribution in [0.2, 0.25) is 0 Å². The van der Waals surface area contributed by atoms with Gasteiger partial charge in [0.15, 0.2) is 0 Å². The zero-order valence-electron chi connectivity index (χ0n) is 8.68. The molecule has 2 fully saturated rings. The molecule has 1 aliphatic carbocycles. The van der Waals surface area contributed by atoms with Gasteiger partial charge in [-0.2, -0.15) is 0 Å². The minimum Gasteiger partial charge on any atom is -0.350 e. The summed E-state index contributed by atoms with van der Waals surface area (Å²) in [6, 6.07) is 0.261. The van der Waals surface area contributed by atoms with E-state index in [0.29, 0.717) is 5.92 Å². The van der Waals surface area contributed by atoms with Crippen LogP contribution in [0.4, 0.5) is 0 Å². The molecule has 2 atom stereocenters. The first-order chi connectivity index (χ1) is 6.62. The lowest BCUT2D eigenvalue weighted by atomic mass is 9.94. The van der Waals surface area contributed by atoms with Crippen LogP contribution < -0.4 is 16.4 Å². The highest BCUT2D eigenvalue weighted by atomic mass is 16.2. The average molecular weight is 197 g/mol. The first-order valence-electron chi connectivity index (χ1n) is 5.42. The van der Waals surface area contributed by atoms with Gasteiger partial charge in [-0.05, 0) is 31.7 Å². The Morgan fingerprint density at radius 2 is 2.29 bits per heavy atom. The number of hydrogen-bond donors (Lipinski definition) is 3. The Morgan fingerprint density at radius 3 is 2.86 bits per heavy atom. The third kappa shape index (κ3) is 1.91. The average Bonchev–Trinajstić information content (AvgIpc) is 2.89. The summed E-state index contributed by atoms with van der Waals surface area (Å²) in [7, 11) is 0. The van der Waals surface area contributed by atoms with Gasteiger partial charge >= 0.3 is 0 Å². The van der Waals surface area contributed by atoms with Gasteiger partial charge in [0.25, 0.3) is 0 Å². The normalized spacial score (nSPS) is 35.0. The van der Waals surface area contributed by atoms with Crippen molar-refractivity contribution in [2.75, 3.05) is 13.1 Å². The standard InChI is InChI=1S/C10H19N3O/c1-7-2-5-12-6-8(7)13-9(14)10(11)3-4-10/h7-8,12H,2-6,11H2,1H3,(H,13,14). The molecular weight excluding hydrogens is 178 g/mol. The Labute approximate surface area is 84.6 Å². The Bertz CT molecular complexity index is 238. The molecule has 2 aliphatic rings. The van der Waals surface area contributed by atoms with Crippen LogP contribution in [0, 0.1) is 5.92 Å².